The summed E-state index contributed by atoms with van der Waals surface area (Å²) in [6, 6.07) is 68.4. The maximum absolute atomic E-state index is 5.44. The van der Waals surface area contributed by atoms with E-state index < -0.39 is 0 Å². The third-order valence-corrected chi connectivity index (χ3v) is 12.0. The van der Waals surface area contributed by atoms with Crippen LogP contribution in [-0.2, 0) is 0 Å². The molecule has 6 heteroatoms. The van der Waals surface area contributed by atoms with Gasteiger partial charge in [0.1, 0.15) is 11.4 Å². The fraction of sp³-hybridized carbons (Fsp3) is 0. The van der Waals surface area contributed by atoms with Gasteiger partial charge in [0.05, 0.1) is 44.1 Å². The lowest BCUT2D eigenvalue weighted by molar-refractivity contribution is 1.08. The standard InChI is InChI=1S/C54H32N6/c1-3-15-35-29-37(27-25-33(35)13-1)51-53(57-45-21-9-7-19-43(45)55-51)59-47-23-11-5-17-39(47)41-32-50-42(31-49(41)59)40-18-6-12-24-48(40)60(50)54-52(56-44-20-8-10-22-46(44)58-54)38-28-26-34-14-2-4-16-36(34)30-38/h1-32H. The van der Waals surface area contributed by atoms with Crippen molar-refractivity contribution in [2.75, 3.05) is 0 Å². The Balaban J connectivity index is 1.13. The van der Waals surface area contributed by atoms with Crippen molar-refractivity contribution in [3.63, 3.8) is 0 Å². The summed E-state index contributed by atoms with van der Waals surface area (Å²) >= 11 is 0. The van der Waals surface area contributed by atoms with Crippen LogP contribution in [0.2, 0.25) is 0 Å². The molecule has 4 aromatic heterocycles. The lowest BCUT2D eigenvalue weighted by atomic mass is 10.0. The van der Waals surface area contributed by atoms with E-state index in [1.807, 2.05) is 48.5 Å². The van der Waals surface area contributed by atoms with Gasteiger partial charge in [-0.15, -0.1) is 0 Å². The average Bonchev–Trinajstić information content (AvgIpc) is 3.81. The van der Waals surface area contributed by atoms with Crippen LogP contribution in [0.5, 0.6) is 0 Å². The van der Waals surface area contributed by atoms with Crippen LogP contribution in [0.4, 0.5) is 0 Å². The third-order valence-electron chi connectivity index (χ3n) is 12.0. The van der Waals surface area contributed by atoms with Gasteiger partial charge in [0.2, 0.25) is 0 Å². The second kappa shape index (κ2) is 12.6. The summed E-state index contributed by atoms with van der Waals surface area (Å²) in [4.78, 5) is 21.6. The van der Waals surface area contributed by atoms with Crippen LogP contribution in [0.1, 0.15) is 0 Å². The molecule has 0 atom stereocenters. The van der Waals surface area contributed by atoms with Crippen LogP contribution < -0.4 is 0 Å². The molecule has 0 bridgehead atoms. The van der Waals surface area contributed by atoms with Crippen LogP contribution in [0, 0.1) is 0 Å². The zero-order chi connectivity index (χ0) is 39.3. The van der Waals surface area contributed by atoms with Gasteiger partial charge in [0.15, 0.2) is 11.6 Å². The Morgan fingerprint density at radius 3 is 1.08 bits per heavy atom. The number of aromatic nitrogens is 6. The van der Waals surface area contributed by atoms with E-state index >= 15 is 0 Å². The van der Waals surface area contributed by atoms with Crippen LogP contribution >= 0.6 is 0 Å². The molecule has 6 nitrogen and oxygen atoms in total. The van der Waals surface area contributed by atoms with Gasteiger partial charge in [-0.2, -0.15) is 0 Å². The van der Waals surface area contributed by atoms with Crippen molar-refractivity contribution in [3.8, 4) is 34.2 Å². The summed E-state index contributed by atoms with van der Waals surface area (Å²) in [6.45, 7) is 0. The fourth-order valence-electron chi connectivity index (χ4n) is 9.24. The second-order valence-electron chi connectivity index (χ2n) is 15.5. The summed E-state index contributed by atoms with van der Waals surface area (Å²) in [7, 11) is 0. The number of nitrogens with zero attached hydrogens (tertiary/aromatic N) is 6. The second-order valence-corrected chi connectivity index (χ2v) is 15.5. The number of benzene rings is 9. The van der Waals surface area contributed by atoms with Crippen LogP contribution in [0.3, 0.4) is 0 Å². The molecule has 60 heavy (non-hydrogen) atoms. The van der Waals surface area contributed by atoms with E-state index in [1.165, 1.54) is 10.8 Å². The Morgan fingerprint density at radius 1 is 0.267 bits per heavy atom. The maximum atomic E-state index is 5.44. The SMILES string of the molecule is c1ccc2cc(-c3nc4ccccc4nc3-n3c4ccccc4c4cc5c(cc43)c3ccccc3n5-c3nc4ccccc4nc3-c3ccc4ccccc4c3)ccc2c1. The number of fused-ring (bicyclic) bond motifs is 10. The molecular formula is C54H32N6. The Labute approximate surface area is 343 Å². The molecule has 0 aliphatic heterocycles. The number of hydrogen-bond acceptors (Lipinski definition) is 4. The summed E-state index contributed by atoms with van der Waals surface area (Å²) in [6.07, 6.45) is 0. The van der Waals surface area contributed by atoms with Gasteiger partial charge in [-0.05, 0) is 82.2 Å². The van der Waals surface area contributed by atoms with Crippen molar-refractivity contribution < 1.29 is 0 Å². The lowest BCUT2D eigenvalue weighted by Crippen LogP contribution is -2.04. The molecular weight excluding hydrogens is 733 g/mol. The van der Waals surface area contributed by atoms with Crippen LogP contribution in [0.15, 0.2) is 194 Å². The zero-order valence-electron chi connectivity index (χ0n) is 32.2. The Kier molecular flexibility index (Phi) is 6.91. The molecule has 0 amide bonds. The molecule has 278 valence electrons. The number of hydrogen-bond donors (Lipinski definition) is 0. The first-order valence-corrected chi connectivity index (χ1v) is 20.2. The number of rotatable bonds is 4. The van der Waals surface area contributed by atoms with Gasteiger partial charge in [-0.25, -0.2) is 19.9 Å². The first kappa shape index (κ1) is 32.8. The normalized spacial score (nSPS) is 12.0. The number of para-hydroxylation sites is 6. The molecule has 0 saturated carbocycles. The fourth-order valence-corrected chi connectivity index (χ4v) is 9.24. The van der Waals surface area contributed by atoms with Gasteiger partial charge in [-0.1, -0.05) is 133 Å². The highest BCUT2D eigenvalue weighted by Crippen LogP contribution is 2.42. The minimum Gasteiger partial charge on any atom is -0.292 e. The molecule has 0 spiro atoms. The van der Waals surface area contributed by atoms with E-state index in [4.69, 9.17) is 19.9 Å². The molecule has 0 aliphatic rings. The first-order valence-electron chi connectivity index (χ1n) is 20.2. The van der Waals surface area contributed by atoms with Gasteiger partial charge in [-0.3, -0.25) is 9.13 Å². The van der Waals surface area contributed by atoms with Gasteiger partial charge in [0.25, 0.3) is 0 Å². The molecule has 0 aliphatic carbocycles. The molecule has 0 fully saturated rings. The van der Waals surface area contributed by atoms with Crippen LogP contribution in [-0.4, -0.2) is 29.1 Å². The Morgan fingerprint density at radius 2 is 0.633 bits per heavy atom. The largest absolute Gasteiger partial charge is 0.292 e. The predicted octanol–water partition coefficient (Wildman–Crippen LogP) is 13.4. The van der Waals surface area contributed by atoms with E-state index in [2.05, 4.69) is 155 Å². The molecule has 13 rings (SSSR count). The smallest absolute Gasteiger partial charge is 0.165 e. The monoisotopic (exact) mass is 764 g/mol. The van der Waals surface area contributed by atoms with Gasteiger partial charge >= 0.3 is 0 Å². The Hall–Kier alpha value is -8.22. The zero-order valence-corrected chi connectivity index (χ0v) is 32.2. The van der Waals surface area contributed by atoms with Gasteiger partial charge in [0, 0.05) is 32.7 Å². The quantitative estimate of drug-likeness (QED) is 0.179. The minimum atomic E-state index is 0.789. The Bertz CT molecular complexity index is 3660. The summed E-state index contributed by atoms with van der Waals surface area (Å²) in [5.74, 6) is 1.58. The van der Waals surface area contributed by atoms with Crippen molar-refractivity contribution >= 4 is 87.2 Å². The minimum absolute atomic E-state index is 0.789. The van der Waals surface area contributed by atoms with Crippen LogP contribution in [0.25, 0.3) is 121 Å². The molecule has 13 aromatic rings. The summed E-state index contributed by atoms with van der Waals surface area (Å²) < 4.78 is 4.63. The van der Waals surface area contributed by atoms with Crippen molar-refractivity contribution in [2.45, 2.75) is 0 Å². The topological polar surface area (TPSA) is 61.4 Å². The molecule has 0 N–H and O–H groups in total. The van der Waals surface area contributed by atoms with Crippen molar-refractivity contribution in [1.82, 2.24) is 29.1 Å². The van der Waals surface area contributed by atoms with Gasteiger partial charge < -0.3 is 0 Å². The van der Waals surface area contributed by atoms with Crippen molar-refractivity contribution in [1.29, 1.82) is 0 Å². The lowest BCUT2D eigenvalue weighted by Gasteiger charge is -2.15. The van der Waals surface area contributed by atoms with Crippen molar-refractivity contribution in [3.05, 3.63) is 194 Å². The molecule has 9 aromatic carbocycles. The third kappa shape index (κ3) is 4.88. The molecule has 0 radical (unpaired) electrons. The highest BCUT2D eigenvalue weighted by Gasteiger charge is 2.24. The molecule has 4 heterocycles. The highest BCUT2D eigenvalue weighted by atomic mass is 15.1. The van der Waals surface area contributed by atoms with E-state index in [0.717, 1.165) is 111 Å². The van der Waals surface area contributed by atoms with E-state index in [-0.39, 0.29) is 0 Å². The van der Waals surface area contributed by atoms with Crippen molar-refractivity contribution in [2.24, 2.45) is 0 Å². The summed E-state index contributed by atoms with van der Waals surface area (Å²) in [5.41, 5.74) is 11.3. The summed E-state index contributed by atoms with van der Waals surface area (Å²) in [5, 5.41) is 9.18. The molecule has 0 unspecified atom stereocenters. The van der Waals surface area contributed by atoms with E-state index in [1.54, 1.807) is 0 Å². The van der Waals surface area contributed by atoms with E-state index in [0.29, 0.717) is 0 Å². The first-order chi connectivity index (χ1) is 29.7. The highest BCUT2D eigenvalue weighted by molar-refractivity contribution is 6.19. The predicted molar refractivity (Wildman–Crippen MR) is 247 cm³/mol. The maximum Gasteiger partial charge on any atom is 0.165 e. The molecule has 0 saturated heterocycles. The average molecular weight is 765 g/mol. The van der Waals surface area contributed by atoms with E-state index in [9.17, 15) is 0 Å².